The standard InChI is InChI=1S/C15H20N4O2/c1-15(2,3)13(16)14(21)17-10-6-4-9(5-7-10)11-8-12(20)19-18-11/h4-8,13H,16H2,1-3H3,(H,17,21)(H2,18,19,20). The fourth-order valence-corrected chi connectivity index (χ4v) is 1.83. The predicted octanol–water partition coefficient (Wildman–Crippen LogP) is 1.68. The molecule has 6 heteroatoms. The average Bonchev–Trinajstić information content (AvgIpc) is 2.84. The number of rotatable bonds is 3. The maximum absolute atomic E-state index is 12.0. The summed E-state index contributed by atoms with van der Waals surface area (Å²) in [5.41, 5.74) is 7.65. The Morgan fingerprint density at radius 2 is 1.81 bits per heavy atom. The van der Waals surface area contributed by atoms with E-state index >= 15 is 0 Å². The molecule has 112 valence electrons. The number of benzene rings is 1. The van der Waals surface area contributed by atoms with E-state index in [4.69, 9.17) is 5.73 Å². The first-order valence-corrected chi connectivity index (χ1v) is 6.72. The molecule has 1 unspecified atom stereocenters. The monoisotopic (exact) mass is 288 g/mol. The van der Waals surface area contributed by atoms with E-state index in [1.54, 1.807) is 12.1 Å². The summed E-state index contributed by atoms with van der Waals surface area (Å²) in [6, 6.07) is 8.07. The van der Waals surface area contributed by atoms with Crippen LogP contribution in [0.1, 0.15) is 20.8 Å². The Balaban J connectivity index is 2.10. The van der Waals surface area contributed by atoms with Gasteiger partial charge >= 0.3 is 0 Å². The molecule has 2 aromatic rings. The summed E-state index contributed by atoms with van der Waals surface area (Å²) in [7, 11) is 0. The summed E-state index contributed by atoms with van der Waals surface area (Å²) in [5, 5.41) is 8.04. The first kappa shape index (κ1) is 15.1. The zero-order valence-corrected chi connectivity index (χ0v) is 12.4. The lowest BCUT2D eigenvalue weighted by Gasteiger charge is -2.25. The molecule has 21 heavy (non-hydrogen) atoms. The molecule has 5 N–H and O–H groups in total. The summed E-state index contributed by atoms with van der Waals surface area (Å²) >= 11 is 0. The maximum atomic E-state index is 12.0. The van der Waals surface area contributed by atoms with Crippen LogP contribution in [0.4, 0.5) is 5.69 Å². The largest absolute Gasteiger partial charge is 0.325 e. The van der Waals surface area contributed by atoms with Gasteiger partial charge in [0, 0.05) is 11.8 Å². The van der Waals surface area contributed by atoms with E-state index in [-0.39, 0.29) is 16.9 Å². The summed E-state index contributed by atoms with van der Waals surface area (Å²) < 4.78 is 0. The number of hydrogen-bond donors (Lipinski definition) is 4. The van der Waals surface area contributed by atoms with Crippen molar-refractivity contribution in [1.29, 1.82) is 0 Å². The molecule has 0 spiro atoms. The number of carbonyl (C=O) groups excluding carboxylic acids is 1. The molecule has 0 aliphatic heterocycles. The zero-order chi connectivity index (χ0) is 15.6. The highest BCUT2D eigenvalue weighted by Gasteiger charge is 2.27. The summed E-state index contributed by atoms with van der Waals surface area (Å²) in [4.78, 5) is 23.1. The van der Waals surface area contributed by atoms with Crippen LogP contribution in [-0.2, 0) is 4.79 Å². The molecule has 1 atom stereocenters. The van der Waals surface area contributed by atoms with Crippen molar-refractivity contribution in [2.75, 3.05) is 5.32 Å². The Morgan fingerprint density at radius 3 is 2.29 bits per heavy atom. The third-order valence-corrected chi connectivity index (χ3v) is 3.27. The van der Waals surface area contributed by atoms with Crippen LogP contribution >= 0.6 is 0 Å². The van der Waals surface area contributed by atoms with Gasteiger partial charge in [0.15, 0.2) is 0 Å². The molecule has 1 heterocycles. The fraction of sp³-hybridized carbons (Fsp3) is 0.333. The second kappa shape index (κ2) is 5.57. The van der Waals surface area contributed by atoms with Crippen LogP contribution in [0, 0.1) is 5.41 Å². The normalized spacial score (nSPS) is 13.0. The van der Waals surface area contributed by atoms with Crippen molar-refractivity contribution in [2.24, 2.45) is 11.1 Å². The number of aromatic nitrogens is 2. The number of amides is 1. The van der Waals surface area contributed by atoms with E-state index in [1.807, 2.05) is 32.9 Å². The highest BCUT2D eigenvalue weighted by Crippen LogP contribution is 2.21. The highest BCUT2D eigenvalue weighted by molar-refractivity contribution is 5.95. The Bertz CT molecular complexity index is 677. The van der Waals surface area contributed by atoms with Gasteiger partial charge in [-0.2, -0.15) is 0 Å². The maximum Gasteiger partial charge on any atom is 0.264 e. The predicted molar refractivity (Wildman–Crippen MR) is 82.9 cm³/mol. The second-order valence-electron chi connectivity index (χ2n) is 6.08. The van der Waals surface area contributed by atoms with Gasteiger partial charge in [0.25, 0.3) is 5.56 Å². The van der Waals surface area contributed by atoms with Gasteiger partial charge in [0.1, 0.15) is 0 Å². The molecule has 2 rings (SSSR count). The Morgan fingerprint density at radius 1 is 1.19 bits per heavy atom. The number of nitrogens with one attached hydrogen (secondary N) is 3. The third kappa shape index (κ3) is 3.61. The molecule has 0 bridgehead atoms. The van der Waals surface area contributed by atoms with Gasteiger partial charge in [0.05, 0.1) is 11.7 Å². The molecule has 0 radical (unpaired) electrons. The lowest BCUT2D eigenvalue weighted by Crippen LogP contribution is -2.45. The van der Waals surface area contributed by atoms with E-state index in [9.17, 15) is 9.59 Å². The number of hydrogen-bond acceptors (Lipinski definition) is 3. The number of anilines is 1. The van der Waals surface area contributed by atoms with E-state index in [0.29, 0.717) is 11.4 Å². The van der Waals surface area contributed by atoms with Crippen LogP contribution < -0.4 is 16.6 Å². The summed E-state index contributed by atoms with van der Waals surface area (Å²) in [6.45, 7) is 5.76. The molecule has 1 amide bonds. The van der Waals surface area contributed by atoms with Crippen molar-refractivity contribution >= 4 is 11.6 Å². The minimum atomic E-state index is -0.585. The van der Waals surface area contributed by atoms with Crippen molar-refractivity contribution in [2.45, 2.75) is 26.8 Å². The molecule has 0 fully saturated rings. The highest BCUT2D eigenvalue weighted by atomic mass is 16.2. The Hall–Kier alpha value is -2.34. The first-order chi connectivity index (χ1) is 9.77. The van der Waals surface area contributed by atoms with Crippen LogP contribution in [0.25, 0.3) is 11.3 Å². The molecule has 0 aliphatic rings. The minimum absolute atomic E-state index is 0.182. The van der Waals surface area contributed by atoms with Crippen molar-refractivity contribution in [3.8, 4) is 11.3 Å². The SMILES string of the molecule is CC(C)(C)C(N)C(=O)Nc1ccc(-c2cc(=O)[nH][nH]2)cc1. The topological polar surface area (TPSA) is 104 Å². The van der Waals surface area contributed by atoms with Gasteiger partial charge in [-0.05, 0) is 23.1 Å². The van der Waals surface area contributed by atoms with Gasteiger partial charge in [-0.15, -0.1) is 0 Å². The van der Waals surface area contributed by atoms with Crippen LogP contribution in [0.5, 0.6) is 0 Å². The van der Waals surface area contributed by atoms with Crippen LogP contribution in [0.3, 0.4) is 0 Å². The van der Waals surface area contributed by atoms with Crippen LogP contribution in [-0.4, -0.2) is 22.1 Å². The number of aromatic amines is 2. The van der Waals surface area contributed by atoms with Gasteiger partial charge < -0.3 is 11.1 Å². The van der Waals surface area contributed by atoms with Crippen molar-refractivity contribution in [1.82, 2.24) is 10.2 Å². The fourth-order valence-electron chi connectivity index (χ4n) is 1.83. The minimum Gasteiger partial charge on any atom is -0.325 e. The van der Waals surface area contributed by atoms with E-state index in [1.165, 1.54) is 6.07 Å². The number of nitrogens with two attached hydrogens (primary N) is 1. The van der Waals surface area contributed by atoms with E-state index in [0.717, 1.165) is 5.56 Å². The lowest BCUT2D eigenvalue weighted by atomic mass is 9.87. The molecule has 1 aromatic carbocycles. The van der Waals surface area contributed by atoms with Crippen LogP contribution in [0.15, 0.2) is 35.1 Å². The summed E-state index contributed by atoms with van der Waals surface area (Å²) in [6.07, 6.45) is 0. The van der Waals surface area contributed by atoms with Gasteiger partial charge in [0.2, 0.25) is 5.91 Å². The molecule has 0 saturated heterocycles. The first-order valence-electron chi connectivity index (χ1n) is 6.72. The lowest BCUT2D eigenvalue weighted by molar-refractivity contribution is -0.119. The van der Waals surface area contributed by atoms with E-state index < -0.39 is 6.04 Å². The number of H-pyrrole nitrogens is 2. The molecular formula is C15H20N4O2. The second-order valence-corrected chi connectivity index (χ2v) is 6.08. The van der Waals surface area contributed by atoms with Crippen molar-refractivity contribution in [3.63, 3.8) is 0 Å². The smallest absolute Gasteiger partial charge is 0.264 e. The van der Waals surface area contributed by atoms with Gasteiger partial charge in [-0.25, -0.2) is 0 Å². The Kier molecular flexibility index (Phi) is 3.99. The van der Waals surface area contributed by atoms with Crippen LogP contribution in [0.2, 0.25) is 0 Å². The average molecular weight is 288 g/mol. The zero-order valence-electron chi connectivity index (χ0n) is 12.4. The molecule has 1 aromatic heterocycles. The number of carbonyl (C=O) groups is 1. The molecule has 0 saturated carbocycles. The summed E-state index contributed by atoms with van der Waals surface area (Å²) in [5.74, 6) is -0.217. The third-order valence-electron chi connectivity index (χ3n) is 3.27. The van der Waals surface area contributed by atoms with Crippen molar-refractivity contribution in [3.05, 3.63) is 40.7 Å². The van der Waals surface area contributed by atoms with Crippen molar-refractivity contribution < 1.29 is 4.79 Å². The molecule has 6 nitrogen and oxygen atoms in total. The quantitative estimate of drug-likeness (QED) is 0.690. The van der Waals surface area contributed by atoms with Gasteiger partial charge in [-0.1, -0.05) is 32.9 Å². The van der Waals surface area contributed by atoms with E-state index in [2.05, 4.69) is 15.5 Å². The molecule has 0 aliphatic carbocycles. The molecular weight excluding hydrogens is 268 g/mol. The Labute approximate surface area is 122 Å². The van der Waals surface area contributed by atoms with Gasteiger partial charge in [-0.3, -0.25) is 19.8 Å².